The van der Waals surface area contributed by atoms with Crippen LogP contribution < -0.4 is 0 Å². The Morgan fingerprint density at radius 1 is 1.05 bits per heavy atom. The fraction of sp³-hybridized carbons (Fsp3) is 0.154. The largest absolute Gasteiger partial charge is 0.283 e. The number of nitrogens with zero attached hydrogens (tertiary/aromatic N) is 4. The number of rotatable bonds is 3. The van der Waals surface area contributed by atoms with E-state index in [-0.39, 0.29) is 0 Å². The van der Waals surface area contributed by atoms with Crippen LogP contribution in [0.2, 0.25) is 5.15 Å². The van der Waals surface area contributed by atoms with Gasteiger partial charge in [0.15, 0.2) is 10.8 Å². The van der Waals surface area contributed by atoms with Crippen molar-refractivity contribution in [1.29, 1.82) is 0 Å². The summed E-state index contributed by atoms with van der Waals surface area (Å²) in [6.07, 6.45) is 3.99. The fourth-order valence-corrected chi connectivity index (χ4v) is 2.32. The molecule has 0 unspecified atom stereocenters. The van der Waals surface area contributed by atoms with Crippen LogP contribution in [0.1, 0.15) is 5.56 Å². The van der Waals surface area contributed by atoms with Gasteiger partial charge >= 0.3 is 0 Å². The van der Waals surface area contributed by atoms with Crippen LogP contribution in [0.5, 0.6) is 0 Å². The minimum absolute atomic E-state index is 0.363. The zero-order valence-electron chi connectivity index (χ0n) is 9.92. The Morgan fingerprint density at radius 3 is 2.58 bits per heavy atom. The maximum Gasteiger partial charge on any atom is 0.169 e. The molecule has 2 aromatic heterocycles. The molecule has 19 heavy (non-hydrogen) atoms. The summed E-state index contributed by atoms with van der Waals surface area (Å²) in [5.74, 6) is 0.621. The zero-order valence-corrected chi connectivity index (χ0v) is 11.4. The normalized spacial score (nSPS) is 11.1. The minimum atomic E-state index is 0.363. The van der Waals surface area contributed by atoms with E-state index >= 15 is 0 Å². The molecule has 0 aliphatic heterocycles. The second-order valence-electron chi connectivity index (χ2n) is 4.06. The van der Waals surface area contributed by atoms with Gasteiger partial charge in [-0.15, -0.1) is 11.6 Å². The number of imidazole rings is 1. The molecule has 3 aromatic rings. The highest BCUT2D eigenvalue weighted by Crippen LogP contribution is 2.20. The molecule has 0 fully saturated rings. The first-order valence-corrected chi connectivity index (χ1v) is 6.69. The van der Waals surface area contributed by atoms with Crippen LogP contribution >= 0.6 is 23.2 Å². The van der Waals surface area contributed by atoms with Gasteiger partial charge < -0.3 is 0 Å². The fourth-order valence-electron chi connectivity index (χ4n) is 1.93. The summed E-state index contributed by atoms with van der Waals surface area (Å²) in [5.41, 5.74) is 3.49. The molecule has 0 aliphatic carbocycles. The SMILES string of the molecule is ClCCc1ccc(-n2cnc3c(Cl)ncnc32)cc1. The van der Waals surface area contributed by atoms with Gasteiger partial charge in [-0.05, 0) is 24.1 Å². The topological polar surface area (TPSA) is 43.6 Å². The monoisotopic (exact) mass is 292 g/mol. The van der Waals surface area contributed by atoms with Crippen molar-refractivity contribution in [2.75, 3.05) is 5.88 Å². The molecule has 0 aliphatic rings. The molecular weight excluding hydrogens is 283 g/mol. The molecule has 0 saturated carbocycles. The van der Waals surface area contributed by atoms with Crippen molar-refractivity contribution >= 4 is 34.4 Å². The van der Waals surface area contributed by atoms with E-state index < -0.39 is 0 Å². The third-order valence-corrected chi connectivity index (χ3v) is 3.35. The van der Waals surface area contributed by atoms with Crippen LogP contribution in [-0.4, -0.2) is 25.4 Å². The Hall–Kier alpha value is -1.65. The summed E-state index contributed by atoms with van der Waals surface area (Å²) in [6.45, 7) is 0. The molecule has 1 aromatic carbocycles. The minimum Gasteiger partial charge on any atom is -0.283 e. The first-order valence-electron chi connectivity index (χ1n) is 5.78. The molecule has 2 heterocycles. The van der Waals surface area contributed by atoms with Gasteiger partial charge in [0.1, 0.15) is 18.2 Å². The quantitative estimate of drug-likeness (QED) is 0.550. The first-order chi connectivity index (χ1) is 9.29. The molecule has 0 saturated heterocycles. The van der Waals surface area contributed by atoms with Gasteiger partial charge in [-0.2, -0.15) is 0 Å². The van der Waals surface area contributed by atoms with E-state index in [0.717, 1.165) is 12.1 Å². The maximum atomic E-state index is 5.98. The summed E-state index contributed by atoms with van der Waals surface area (Å²) >= 11 is 11.7. The Bertz CT molecular complexity index is 706. The molecule has 6 heteroatoms. The Morgan fingerprint density at radius 2 is 1.84 bits per heavy atom. The molecular formula is C13H10Cl2N4. The Labute approximate surface area is 120 Å². The summed E-state index contributed by atoms with van der Waals surface area (Å²) in [4.78, 5) is 12.4. The van der Waals surface area contributed by atoms with Crippen molar-refractivity contribution in [3.8, 4) is 5.69 Å². The number of hydrogen-bond acceptors (Lipinski definition) is 3. The average molecular weight is 293 g/mol. The van der Waals surface area contributed by atoms with Crippen molar-refractivity contribution < 1.29 is 0 Å². The Balaban J connectivity index is 2.06. The predicted molar refractivity (Wildman–Crippen MR) is 76.1 cm³/mol. The van der Waals surface area contributed by atoms with Crippen LogP contribution in [0.25, 0.3) is 16.9 Å². The maximum absolute atomic E-state index is 5.98. The molecule has 3 rings (SSSR count). The number of hydrogen-bond donors (Lipinski definition) is 0. The average Bonchev–Trinajstić information content (AvgIpc) is 2.85. The smallest absolute Gasteiger partial charge is 0.169 e. The second kappa shape index (κ2) is 5.15. The zero-order chi connectivity index (χ0) is 13.2. The number of benzene rings is 1. The van der Waals surface area contributed by atoms with Crippen LogP contribution in [-0.2, 0) is 6.42 Å². The Kier molecular flexibility index (Phi) is 3.36. The van der Waals surface area contributed by atoms with Gasteiger partial charge in [0.2, 0.25) is 0 Å². The third kappa shape index (κ3) is 2.29. The van der Waals surface area contributed by atoms with E-state index in [1.54, 1.807) is 6.33 Å². The standard InChI is InChI=1S/C13H10Cl2N4/c14-6-5-9-1-3-10(4-2-9)19-8-18-11-12(15)16-7-17-13(11)19/h1-4,7-8H,5-6H2. The molecule has 0 spiro atoms. The van der Waals surface area contributed by atoms with E-state index in [1.165, 1.54) is 11.9 Å². The molecule has 0 atom stereocenters. The summed E-state index contributed by atoms with van der Waals surface area (Å²) in [6, 6.07) is 8.12. The van der Waals surface area contributed by atoms with Crippen LogP contribution in [0.15, 0.2) is 36.9 Å². The van der Waals surface area contributed by atoms with E-state index in [1.807, 2.05) is 28.8 Å². The van der Waals surface area contributed by atoms with E-state index in [9.17, 15) is 0 Å². The highest BCUT2D eigenvalue weighted by molar-refractivity contribution is 6.33. The van der Waals surface area contributed by atoms with Gasteiger partial charge in [-0.3, -0.25) is 4.57 Å². The summed E-state index contributed by atoms with van der Waals surface area (Å²) in [7, 11) is 0. The summed E-state index contributed by atoms with van der Waals surface area (Å²) < 4.78 is 1.88. The molecule has 96 valence electrons. The highest BCUT2D eigenvalue weighted by Gasteiger charge is 2.09. The van der Waals surface area contributed by atoms with Gasteiger partial charge in [-0.25, -0.2) is 15.0 Å². The van der Waals surface area contributed by atoms with Gasteiger partial charge in [0, 0.05) is 11.6 Å². The van der Waals surface area contributed by atoms with Crippen LogP contribution in [0.3, 0.4) is 0 Å². The highest BCUT2D eigenvalue weighted by atomic mass is 35.5. The van der Waals surface area contributed by atoms with Crippen molar-refractivity contribution in [2.24, 2.45) is 0 Å². The number of aromatic nitrogens is 4. The molecule has 0 amide bonds. The first kappa shape index (κ1) is 12.4. The molecule has 0 N–H and O–H groups in total. The molecule has 0 radical (unpaired) electrons. The predicted octanol–water partition coefficient (Wildman–Crippen LogP) is 3.25. The van der Waals surface area contributed by atoms with E-state index in [4.69, 9.17) is 23.2 Å². The van der Waals surface area contributed by atoms with Gasteiger partial charge in [0.05, 0.1) is 0 Å². The van der Waals surface area contributed by atoms with Gasteiger partial charge in [0.25, 0.3) is 0 Å². The number of fused-ring (bicyclic) bond motifs is 1. The lowest BCUT2D eigenvalue weighted by atomic mass is 10.1. The lowest BCUT2D eigenvalue weighted by Crippen LogP contribution is -1.95. The third-order valence-electron chi connectivity index (χ3n) is 2.89. The molecule has 4 nitrogen and oxygen atoms in total. The van der Waals surface area contributed by atoms with E-state index in [2.05, 4.69) is 15.0 Å². The van der Waals surface area contributed by atoms with E-state index in [0.29, 0.717) is 22.2 Å². The lowest BCUT2D eigenvalue weighted by molar-refractivity contribution is 1.05. The molecule has 0 bridgehead atoms. The second-order valence-corrected chi connectivity index (χ2v) is 4.79. The van der Waals surface area contributed by atoms with Crippen molar-refractivity contribution in [2.45, 2.75) is 6.42 Å². The van der Waals surface area contributed by atoms with Crippen molar-refractivity contribution in [3.63, 3.8) is 0 Å². The van der Waals surface area contributed by atoms with Crippen molar-refractivity contribution in [3.05, 3.63) is 47.6 Å². The number of alkyl halides is 1. The summed E-state index contributed by atoms with van der Waals surface area (Å²) in [5, 5.41) is 0.363. The lowest BCUT2D eigenvalue weighted by Gasteiger charge is -2.04. The number of aryl methyl sites for hydroxylation is 1. The van der Waals surface area contributed by atoms with Crippen molar-refractivity contribution in [1.82, 2.24) is 19.5 Å². The van der Waals surface area contributed by atoms with Crippen LogP contribution in [0, 0.1) is 0 Å². The number of halogens is 2. The van der Waals surface area contributed by atoms with Gasteiger partial charge in [-0.1, -0.05) is 23.7 Å². The van der Waals surface area contributed by atoms with Crippen LogP contribution in [0.4, 0.5) is 0 Å².